The smallest absolute Gasteiger partial charge is 0.157 e. The van der Waals surface area contributed by atoms with Gasteiger partial charge < -0.3 is 9.47 Å². The van der Waals surface area contributed by atoms with Crippen LogP contribution in [-0.2, 0) is 15.9 Å². The number of aryl methyl sites for hydroxylation is 1. The molecule has 3 aromatic rings. The summed E-state index contributed by atoms with van der Waals surface area (Å²) >= 11 is 0. The Kier molecular flexibility index (Phi) is 7.14. The normalized spacial score (nSPS) is 18.4. The molecule has 1 heterocycles. The lowest BCUT2D eigenvalue weighted by atomic mass is 10.0. The van der Waals surface area contributed by atoms with Gasteiger partial charge in [0.05, 0.1) is 18.8 Å². The van der Waals surface area contributed by atoms with E-state index in [1.54, 1.807) is 24.3 Å². The van der Waals surface area contributed by atoms with E-state index in [-0.39, 0.29) is 17.7 Å². The van der Waals surface area contributed by atoms with Crippen LogP contribution in [0.3, 0.4) is 0 Å². The van der Waals surface area contributed by atoms with Gasteiger partial charge in [0.1, 0.15) is 17.5 Å². The van der Waals surface area contributed by atoms with Gasteiger partial charge in [0.25, 0.3) is 0 Å². The third-order valence-corrected chi connectivity index (χ3v) is 5.64. The van der Waals surface area contributed by atoms with Crippen LogP contribution in [0.15, 0.2) is 48.5 Å². The van der Waals surface area contributed by atoms with Gasteiger partial charge in [-0.1, -0.05) is 37.3 Å². The molecular weight excluding hydrogens is 413 g/mol. The summed E-state index contributed by atoms with van der Waals surface area (Å²) < 4.78 is 53.9. The number of ether oxygens (including phenoxy) is 2. The van der Waals surface area contributed by atoms with Gasteiger partial charge in [0.2, 0.25) is 0 Å². The van der Waals surface area contributed by atoms with Crippen LogP contribution in [0.1, 0.15) is 42.9 Å². The minimum atomic E-state index is -0.691. The van der Waals surface area contributed by atoms with E-state index in [2.05, 4.69) is 18.8 Å². The van der Waals surface area contributed by atoms with Gasteiger partial charge in [-0.2, -0.15) is 0 Å². The Bertz CT molecular complexity index is 1130. The molecule has 0 N–H and O–H groups in total. The molecule has 0 saturated carbocycles. The van der Waals surface area contributed by atoms with Crippen molar-refractivity contribution in [3.63, 3.8) is 0 Å². The van der Waals surface area contributed by atoms with Crippen molar-refractivity contribution in [1.29, 1.82) is 0 Å². The molecule has 2 nitrogen and oxygen atoms in total. The molecule has 1 fully saturated rings. The predicted octanol–water partition coefficient (Wildman–Crippen LogP) is 6.38. The molecular formula is C27H25F3O2. The first-order chi connectivity index (χ1) is 15.5. The molecule has 32 heavy (non-hydrogen) atoms. The number of hydrogen-bond acceptors (Lipinski definition) is 2. The fraction of sp³-hybridized carbons (Fsp3) is 0.333. The Morgan fingerprint density at radius 3 is 2.25 bits per heavy atom. The summed E-state index contributed by atoms with van der Waals surface area (Å²) in [5.41, 5.74) is 0.877. The first-order valence-corrected chi connectivity index (χ1v) is 10.9. The molecule has 0 spiro atoms. The van der Waals surface area contributed by atoms with Crippen LogP contribution in [0.25, 0.3) is 10.8 Å². The zero-order valence-corrected chi connectivity index (χ0v) is 18.0. The summed E-state index contributed by atoms with van der Waals surface area (Å²) in [5, 5.41) is 1.55. The molecule has 0 unspecified atom stereocenters. The predicted molar refractivity (Wildman–Crippen MR) is 119 cm³/mol. The quantitative estimate of drug-likeness (QED) is 0.431. The largest absolute Gasteiger partial charge is 0.352 e. The van der Waals surface area contributed by atoms with E-state index >= 15 is 0 Å². The minimum absolute atomic E-state index is 0.263. The monoisotopic (exact) mass is 438 g/mol. The first-order valence-electron chi connectivity index (χ1n) is 10.9. The van der Waals surface area contributed by atoms with Crippen molar-refractivity contribution in [3.05, 3.63) is 82.7 Å². The second kappa shape index (κ2) is 10.2. The lowest BCUT2D eigenvalue weighted by Crippen LogP contribution is -2.32. The van der Waals surface area contributed by atoms with Crippen molar-refractivity contribution in [1.82, 2.24) is 0 Å². The van der Waals surface area contributed by atoms with Gasteiger partial charge >= 0.3 is 0 Å². The van der Waals surface area contributed by atoms with Crippen LogP contribution in [0.4, 0.5) is 13.2 Å². The maximum Gasteiger partial charge on any atom is 0.157 e. The second-order valence-electron chi connectivity index (χ2n) is 8.18. The average Bonchev–Trinajstić information content (AvgIpc) is 2.78. The van der Waals surface area contributed by atoms with Gasteiger partial charge in [-0.25, -0.2) is 13.2 Å². The summed E-state index contributed by atoms with van der Waals surface area (Å²) in [4.78, 5) is 0. The van der Waals surface area contributed by atoms with Crippen molar-refractivity contribution >= 4 is 10.8 Å². The minimum Gasteiger partial charge on any atom is -0.352 e. The zero-order chi connectivity index (χ0) is 22.5. The fourth-order valence-corrected chi connectivity index (χ4v) is 3.93. The summed E-state index contributed by atoms with van der Waals surface area (Å²) in [5.74, 6) is 4.13. The first kappa shape index (κ1) is 22.4. The molecule has 0 radical (unpaired) electrons. The van der Waals surface area contributed by atoms with Crippen molar-refractivity contribution < 1.29 is 22.6 Å². The Morgan fingerprint density at radius 1 is 0.844 bits per heavy atom. The maximum absolute atomic E-state index is 14.6. The summed E-state index contributed by atoms with van der Waals surface area (Å²) in [6, 6.07) is 12.3. The van der Waals surface area contributed by atoms with Gasteiger partial charge in [-0.3, -0.25) is 0 Å². The number of hydrogen-bond donors (Lipinski definition) is 0. The highest BCUT2D eigenvalue weighted by atomic mass is 19.1. The summed E-state index contributed by atoms with van der Waals surface area (Å²) in [6.07, 6.45) is 2.82. The Hall–Kier alpha value is -2.81. The van der Waals surface area contributed by atoms with Crippen molar-refractivity contribution in [2.24, 2.45) is 5.92 Å². The highest BCUT2D eigenvalue weighted by molar-refractivity contribution is 5.84. The number of halogens is 3. The molecule has 1 aliphatic heterocycles. The van der Waals surface area contributed by atoms with E-state index in [4.69, 9.17) is 9.47 Å². The Balaban J connectivity index is 1.42. The lowest BCUT2D eigenvalue weighted by molar-refractivity contribution is -0.203. The summed E-state index contributed by atoms with van der Waals surface area (Å²) in [6.45, 7) is 3.46. The van der Waals surface area contributed by atoms with Crippen LogP contribution in [0.2, 0.25) is 0 Å². The molecule has 0 bridgehead atoms. The van der Waals surface area contributed by atoms with Crippen molar-refractivity contribution in [2.75, 3.05) is 13.2 Å². The Labute approximate surface area is 186 Å². The van der Waals surface area contributed by atoms with Crippen LogP contribution in [0, 0.1) is 35.2 Å². The van der Waals surface area contributed by atoms with Crippen LogP contribution in [-0.4, -0.2) is 19.5 Å². The van der Waals surface area contributed by atoms with E-state index in [0.717, 1.165) is 23.6 Å². The van der Waals surface area contributed by atoms with Crippen LogP contribution >= 0.6 is 0 Å². The summed E-state index contributed by atoms with van der Waals surface area (Å²) in [7, 11) is 0. The molecule has 166 valence electrons. The fourth-order valence-electron chi connectivity index (χ4n) is 3.93. The molecule has 3 aromatic carbocycles. The maximum atomic E-state index is 14.6. The van der Waals surface area contributed by atoms with E-state index in [0.29, 0.717) is 43.1 Å². The van der Waals surface area contributed by atoms with Gasteiger partial charge in [0, 0.05) is 17.9 Å². The SMILES string of the molecule is CCCC1COC(CCc2cc(F)c(C#Cc3ccc4cc(F)ccc4c3)c(F)c2)OC1. The van der Waals surface area contributed by atoms with Crippen molar-refractivity contribution in [3.8, 4) is 11.8 Å². The van der Waals surface area contributed by atoms with E-state index in [1.165, 1.54) is 24.3 Å². The second-order valence-corrected chi connectivity index (χ2v) is 8.18. The molecule has 4 rings (SSSR count). The Morgan fingerprint density at radius 2 is 1.53 bits per heavy atom. The molecule has 0 amide bonds. The van der Waals surface area contributed by atoms with Crippen LogP contribution in [0.5, 0.6) is 0 Å². The standard InChI is InChI=1S/C27H25F3O2/c1-2-3-20-16-31-27(32-17-20)11-6-19-13-25(29)24(26(30)14-19)10-5-18-4-7-22-15-23(28)9-8-21(22)12-18/h4,7-9,12-15,20,27H,2-3,6,11,16-17H2,1H3. The van der Waals surface area contributed by atoms with Crippen molar-refractivity contribution in [2.45, 2.75) is 38.9 Å². The van der Waals surface area contributed by atoms with E-state index in [9.17, 15) is 13.2 Å². The van der Waals surface area contributed by atoms with E-state index in [1.807, 2.05) is 0 Å². The molecule has 0 aliphatic carbocycles. The number of benzene rings is 3. The zero-order valence-electron chi connectivity index (χ0n) is 18.0. The topological polar surface area (TPSA) is 18.5 Å². The van der Waals surface area contributed by atoms with Crippen LogP contribution < -0.4 is 0 Å². The number of rotatable bonds is 5. The molecule has 0 aromatic heterocycles. The molecule has 5 heteroatoms. The molecule has 0 atom stereocenters. The average molecular weight is 438 g/mol. The van der Waals surface area contributed by atoms with Gasteiger partial charge in [-0.15, -0.1) is 0 Å². The number of fused-ring (bicyclic) bond motifs is 1. The van der Waals surface area contributed by atoms with E-state index < -0.39 is 11.6 Å². The molecule has 1 aliphatic rings. The third kappa shape index (κ3) is 5.51. The molecule has 1 saturated heterocycles. The van der Waals surface area contributed by atoms with Gasteiger partial charge in [0.15, 0.2) is 6.29 Å². The highest BCUT2D eigenvalue weighted by Crippen LogP contribution is 2.22. The lowest BCUT2D eigenvalue weighted by Gasteiger charge is -2.29. The van der Waals surface area contributed by atoms with Gasteiger partial charge in [-0.05, 0) is 65.6 Å². The highest BCUT2D eigenvalue weighted by Gasteiger charge is 2.21. The third-order valence-electron chi connectivity index (χ3n) is 5.64.